The fourth-order valence-corrected chi connectivity index (χ4v) is 2.73. The van der Waals surface area contributed by atoms with Crippen molar-refractivity contribution in [2.75, 3.05) is 20.1 Å². The van der Waals surface area contributed by atoms with E-state index in [0.717, 1.165) is 18.4 Å². The lowest BCUT2D eigenvalue weighted by atomic mass is 9.95. The SMILES string of the molecule is CNC(=O)C1CCN(C(=O)CC(N)c2ccccc2)CC1.Cl. The van der Waals surface area contributed by atoms with E-state index in [9.17, 15) is 9.59 Å². The molecule has 6 heteroatoms. The van der Waals surface area contributed by atoms with Gasteiger partial charge in [-0.25, -0.2) is 0 Å². The molecule has 1 atom stereocenters. The molecule has 1 aromatic rings. The first kappa shape index (κ1) is 18.5. The molecule has 1 aromatic carbocycles. The summed E-state index contributed by atoms with van der Waals surface area (Å²) in [7, 11) is 1.65. The minimum Gasteiger partial charge on any atom is -0.359 e. The summed E-state index contributed by atoms with van der Waals surface area (Å²) in [4.78, 5) is 25.7. The highest BCUT2D eigenvalue weighted by atomic mass is 35.5. The van der Waals surface area contributed by atoms with Crippen LogP contribution in [0.1, 0.15) is 30.9 Å². The van der Waals surface area contributed by atoms with Gasteiger partial charge in [0.15, 0.2) is 0 Å². The lowest BCUT2D eigenvalue weighted by Gasteiger charge is -2.31. The number of carbonyl (C=O) groups is 2. The van der Waals surface area contributed by atoms with E-state index >= 15 is 0 Å². The average molecular weight is 326 g/mol. The van der Waals surface area contributed by atoms with Crippen molar-refractivity contribution in [2.45, 2.75) is 25.3 Å². The topological polar surface area (TPSA) is 75.4 Å². The highest BCUT2D eigenvalue weighted by Gasteiger charge is 2.27. The molecule has 1 saturated heterocycles. The largest absolute Gasteiger partial charge is 0.359 e. The van der Waals surface area contributed by atoms with Crippen molar-refractivity contribution >= 4 is 24.2 Å². The van der Waals surface area contributed by atoms with E-state index in [2.05, 4.69) is 5.32 Å². The number of amides is 2. The summed E-state index contributed by atoms with van der Waals surface area (Å²) in [6, 6.07) is 9.39. The molecule has 0 spiro atoms. The molecular weight excluding hydrogens is 302 g/mol. The van der Waals surface area contributed by atoms with Gasteiger partial charge >= 0.3 is 0 Å². The summed E-state index contributed by atoms with van der Waals surface area (Å²) in [6.07, 6.45) is 1.77. The number of halogens is 1. The van der Waals surface area contributed by atoms with Crippen LogP contribution < -0.4 is 11.1 Å². The van der Waals surface area contributed by atoms with Crippen LogP contribution in [0.25, 0.3) is 0 Å². The number of nitrogens with one attached hydrogen (secondary N) is 1. The molecule has 1 fully saturated rings. The Bertz CT molecular complexity index is 487. The average Bonchev–Trinajstić information content (AvgIpc) is 2.55. The van der Waals surface area contributed by atoms with Gasteiger partial charge in [0.1, 0.15) is 0 Å². The summed E-state index contributed by atoms with van der Waals surface area (Å²) in [5.74, 6) is 0.173. The monoisotopic (exact) mass is 325 g/mol. The Morgan fingerprint density at radius 2 is 1.86 bits per heavy atom. The minimum absolute atomic E-state index is 0. The molecule has 0 radical (unpaired) electrons. The number of benzene rings is 1. The molecule has 1 aliphatic rings. The summed E-state index contributed by atoms with van der Waals surface area (Å²) in [5.41, 5.74) is 7.07. The van der Waals surface area contributed by atoms with Gasteiger partial charge in [-0.3, -0.25) is 9.59 Å². The number of hydrogen-bond donors (Lipinski definition) is 2. The van der Waals surface area contributed by atoms with Gasteiger partial charge < -0.3 is 16.0 Å². The summed E-state index contributed by atoms with van der Waals surface area (Å²) < 4.78 is 0. The number of piperidine rings is 1. The van der Waals surface area contributed by atoms with Crippen molar-refractivity contribution < 1.29 is 9.59 Å². The predicted molar refractivity (Wildman–Crippen MR) is 88.6 cm³/mol. The maximum absolute atomic E-state index is 12.3. The summed E-state index contributed by atoms with van der Waals surface area (Å²) in [5, 5.41) is 2.67. The van der Waals surface area contributed by atoms with Crippen LogP contribution in [-0.4, -0.2) is 36.9 Å². The van der Waals surface area contributed by atoms with E-state index in [1.165, 1.54) is 0 Å². The van der Waals surface area contributed by atoms with Crippen LogP contribution in [0.3, 0.4) is 0 Å². The quantitative estimate of drug-likeness (QED) is 0.880. The first-order valence-corrected chi connectivity index (χ1v) is 7.41. The zero-order valence-electron chi connectivity index (χ0n) is 12.8. The molecule has 0 aromatic heterocycles. The van der Waals surface area contributed by atoms with Gasteiger partial charge in [0.05, 0.1) is 0 Å². The summed E-state index contributed by atoms with van der Waals surface area (Å²) in [6.45, 7) is 1.27. The predicted octanol–water partition coefficient (Wildman–Crippen LogP) is 1.48. The zero-order valence-corrected chi connectivity index (χ0v) is 13.6. The normalized spacial score (nSPS) is 16.5. The molecular formula is C16H24ClN3O2. The van der Waals surface area contributed by atoms with Crippen LogP contribution in [-0.2, 0) is 9.59 Å². The molecule has 2 amide bonds. The molecule has 0 aliphatic carbocycles. The van der Waals surface area contributed by atoms with Crippen molar-refractivity contribution in [3.05, 3.63) is 35.9 Å². The second-order valence-corrected chi connectivity index (χ2v) is 5.49. The van der Waals surface area contributed by atoms with Crippen LogP contribution in [0.4, 0.5) is 0 Å². The number of rotatable bonds is 4. The number of nitrogens with zero attached hydrogens (tertiary/aromatic N) is 1. The lowest BCUT2D eigenvalue weighted by Crippen LogP contribution is -2.43. The molecule has 0 saturated carbocycles. The van der Waals surface area contributed by atoms with E-state index in [4.69, 9.17) is 5.73 Å². The van der Waals surface area contributed by atoms with Crippen LogP contribution in [0.2, 0.25) is 0 Å². The van der Waals surface area contributed by atoms with Crippen molar-refractivity contribution in [1.82, 2.24) is 10.2 Å². The molecule has 1 aliphatic heterocycles. The van der Waals surface area contributed by atoms with Gasteiger partial charge in [0.2, 0.25) is 11.8 Å². The van der Waals surface area contributed by atoms with Crippen molar-refractivity contribution in [3.63, 3.8) is 0 Å². The first-order chi connectivity index (χ1) is 10.1. The van der Waals surface area contributed by atoms with E-state index in [-0.39, 0.29) is 36.2 Å². The number of likely N-dealkylation sites (tertiary alicyclic amines) is 1. The van der Waals surface area contributed by atoms with Crippen molar-refractivity contribution in [2.24, 2.45) is 11.7 Å². The number of hydrogen-bond acceptors (Lipinski definition) is 3. The van der Waals surface area contributed by atoms with Gasteiger partial charge in [-0.2, -0.15) is 0 Å². The Hall–Kier alpha value is -1.59. The highest BCUT2D eigenvalue weighted by Crippen LogP contribution is 2.20. The molecule has 3 N–H and O–H groups in total. The Kier molecular flexibility index (Phi) is 7.35. The number of nitrogens with two attached hydrogens (primary N) is 1. The smallest absolute Gasteiger partial charge is 0.224 e. The van der Waals surface area contributed by atoms with E-state index < -0.39 is 0 Å². The zero-order chi connectivity index (χ0) is 15.2. The lowest BCUT2D eigenvalue weighted by molar-refractivity contribution is -0.135. The van der Waals surface area contributed by atoms with Gasteiger partial charge in [-0.15, -0.1) is 12.4 Å². The third-order valence-electron chi connectivity index (χ3n) is 4.09. The second kappa shape index (κ2) is 8.76. The molecule has 122 valence electrons. The standard InChI is InChI=1S/C16H23N3O2.ClH/c1-18-16(21)13-7-9-19(10-8-13)15(20)11-14(17)12-5-3-2-4-6-12;/h2-6,13-14H,7-11,17H2,1H3,(H,18,21);1H. The van der Waals surface area contributed by atoms with E-state index in [1.807, 2.05) is 35.2 Å². The maximum atomic E-state index is 12.3. The van der Waals surface area contributed by atoms with Crippen LogP contribution in [0.5, 0.6) is 0 Å². The Morgan fingerprint density at radius 1 is 1.27 bits per heavy atom. The van der Waals surface area contributed by atoms with Crippen molar-refractivity contribution in [1.29, 1.82) is 0 Å². The Balaban J connectivity index is 0.00000242. The second-order valence-electron chi connectivity index (χ2n) is 5.49. The van der Waals surface area contributed by atoms with Crippen LogP contribution >= 0.6 is 12.4 Å². The van der Waals surface area contributed by atoms with Crippen LogP contribution in [0, 0.1) is 5.92 Å². The van der Waals surface area contributed by atoms with Crippen LogP contribution in [0.15, 0.2) is 30.3 Å². The molecule has 22 heavy (non-hydrogen) atoms. The van der Waals surface area contributed by atoms with Gasteiger partial charge in [0, 0.05) is 38.5 Å². The molecule has 1 heterocycles. The molecule has 0 bridgehead atoms. The molecule has 5 nitrogen and oxygen atoms in total. The molecule has 1 unspecified atom stereocenters. The first-order valence-electron chi connectivity index (χ1n) is 7.41. The Labute approximate surface area is 137 Å². The van der Waals surface area contributed by atoms with Gasteiger partial charge in [-0.1, -0.05) is 30.3 Å². The fraction of sp³-hybridized carbons (Fsp3) is 0.500. The Morgan fingerprint density at radius 3 is 2.41 bits per heavy atom. The van der Waals surface area contributed by atoms with Gasteiger partial charge in [0.25, 0.3) is 0 Å². The highest BCUT2D eigenvalue weighted by molar-refractivity contribution is 5.85. The summed E-state index contributed by atoms with van der Waals surface area (Å²) >= 11 is 0. The van der Waals surface area contributed by atoms with E-state index in [0.29, 0.717) is 19.5 Å². The van der Waals surface area contributed by atoms with E-state index in [1.54, 1.807) is 7.05 Å². The maximum Gasteiger partial charge on any atom is 0.224 e. The fourth-order valence-electron chi connectivity index (χ4n) is 2.73. The molecule has 2 rings (SSSR count). The third kappa shape index (κ3) is 4.71. The van der Waals surface area contributed by atoms with Crippen molar-refractivity contribution in [3.8, 4) is 0 Å². The minimum atomic E-state index is -0.268. The third-order valence-corrected chi connectivity index (χ3v) is 4.09. The number of carbonyl (C=O) groups excluding carboxylic acids is 2. The van der Waals surface area contributed by atoms with Gasteiger partial charge in [-0.05, 0) is 18.4 Å².